The average molecular weight is 633 g/mol. The third-order valence-electron chi connectivity index (χ3n) is 8.02. The van der Waals surface area contributed by atoms with E-state index in [-0.39, 0.29) is 24.0 Å². The van der Waals surface area contributed by atoms with E-state index in [4.69, 9.17) is 9.72 Å². The maximum Gasteiger partial charge on any atom is 0.336 e. The second-order valence-corrected chi connectivity index (χ2v) is 11.4. The number of carbonyl (C=O) groups excluding carboxylic acids is 1. The zero-order valence-electron chi connectivity index (χ0n) is 26.0. The molecule has 10 nitrogen and oxygen atoms in total. The number of rotatable bonds is 16. The summed E-state index contributed by atoms with van der Waals surface area (Å²) in [5.74, 6) is -0.166. The largest absolute Gasteiger partial charge is 0.492 e. The van der Waals surface area contributed by atoms with Crippen LogP contribution in [0.1, 0.15) is 43.9 Å². The lowest BCUT2D eigenvalue weighted by Gasteiger charge is -2.24. The van der Waals surface area contributed by atoms with Gasteiger partial charge in [0.25, 0.3) is 0 Å². The van der Waals surface area contributed by atoms with E-state index < -0.39 is 17.7 Å². The summed E-state index contributed by atoms with van der Waals surface area (Å²) in [5.41, 5.74) is 3.40. The Hall–Kier alpha value is -4.71. The van der Waals surface area contributed by atoms with Gasteiger partial charge in [0.2, 0.25) is 5.69 Å². The van der Waals surface area contributed by atoms with Crippen molar-refractivity contribution < 1.29 is 22.7 Å². The van der Waals surface area contributed by atoms with Crippen molar-refractivity contribution in [1.82, 2.24) is 19.9 Å². The Kier molecular flexibility index (Phi) is 11.4. The van der Waals surface area contributed by atoms with E-state index in [0.29, 0.717) is 30.8 Å². The Labute approximate surface area is 266 Å². The summed E-state index contributed by atoms with van der Waals surface area (Å²) >= 11 is 0. The molecular formula is C34H40F2N7O3+. The van der Waals surface area contributed by atoms with Crippen LogP contribution in [0.3, 0.4) is 0 Å². The number of nitrogens with one attached hydrogen (secondary N) is 3. The highest BCUT2D eigenvalue weighted by atomic mass is 19.1. The second-order valence-electron chi connectivity index (χ2n) is 11.4. The monoisotopic (exact) mass is 632 g/mol. The molecule has 3 N–H and O–H groups in total. The first-order chi connectivity index (χ1) is 22.4. The summed E-state index contributed by atoms with van der Waals surface area (Å²) in [4.78, 5) is 39.8. The number of aromatic nitrogens is 4. The Morgan fingerprint density at radius 1 is 1.07 bits per heavy atom. The normalized spacial score (nSPS) is 13.1. The number of ketones is 1. The fourth-order valence-electron chi connectivity index (χ4n) is 5.53. The van der Waals surface area contributed by atoms with Crippen LogP contribution in [0.5, 0.6) is 5.75 Å². The molecule has 0 saturated heterocycles. The van der Waals surface area contributed by atoms with Gasteiger partial charge in [-0.15, -0.1) is 0 Å². The van der Waals surface area contributed by atoms with Crippen LogP contribution in [0.15, 0.2) is 67.3 Å². The predicted molar refractivity (Wildman–Crippen MR) is 172 cm³/mol. The molecule has 0 amide bonds. The third-order valence-corrected chi connectivity index (χ3v) is 8.02. The van der Waals surface area contributed by atoms with Crippen LogP contribution in [0.4, 0.5) is 20.4 Å². The van der Waals surface area contributed by atoms with Crippen LogP contribution in [-0.4, -0.2) is 64.5 Å². The molecule has 4 aromatic rings. The van der Waals surface area contributed by atoms with Crippen molar-refractivity contribution in [2.45, 2.75) is 51.5 Å². The van der Waals surface area contributed by atoms with Gasteiger partial charge in [0.05, 0.1) is 12.4 Å². The zero-order valence-corrected chi connectivity index (χ0v) is 26.0. The highest BCUT2D eigenvalue weighted by Crippen LogP contribution is 2.21. The van der Waals surface area contributed by atoms with Gasteiger partial charge in [-0.25, -0.2) is 13.8 Å². The number of carbonyl (C=O) groups is 1. The van der Waals surface area contributed by atoms with Gasteiger partial charge < -0.3 is 15.0 Å². The molecule has 1 atom stereocenters. The van der Waals surface area contributed by atoms with Gasteiger partial charge >= 0.3 is 5.82 Å². The van der Waals surface area contributed by atoms with E-state index in [9.17, 15) is 18.5 Å². The summed E-state index contributed by atoms with van der Waals surface area (Å²) in [7, 11) is 0. The quantitative estimate of drug-likeness (QED) is 0.114. The van der Waals surface area contributed by atoms with E-state index >= 15 is 0 Å². The van der Waals surface area contributed by atoms with Crippen molar-refractivity contribution in [2.75, 3.05) is 43.4 Å². The first kappa shape index (κ1) is 32.7. The molecular weight excluding hydrogens is 592 g/mol. The number of hydrogen-bond acceptors (Lipinski definition) is 8. The van der Waals surface area contributed by atoms with Gasteiger partial charge in [0, 0.05) is 72.3 Å². The standard InChI is InChI=1S/C34H40F2N7O3/c1-24(44)31(41-33-23-38-22-32(43(33)45)25-9-13-37-14-10-25)11-16-42(17-18-46-30-20-27(35)19-28(36)21-30)15-3-2-6-29-8-7-26-5-4-12-39-34(26)40-29/h7-10,13-14,19-23,31,41H,2-6,11-12,15-18H2,1H3,(H,38,45)(H,39,40)/q+1/t31-/m0/s1. The number of nitrogens with zero attached hydrogens (tertiary/aromatic N) is 4. The van der Waals surface area contributed by atoms with Crippen molar-refractivity contribution in [1.29, 1.82) is 0 Å². The smallest absolute Gasteiger partial charge is 0.336 e. The summed E-state index contributed by atoms with van der Waals surface area (Å²) in [6.45, 7) is 4.39. The molecule has 0 saturated carbocycles. The number of ether oxygens (including phenoxy) is 1. The molecule has 0 fully saturated rings. The van der Waals surface area contributed by atoms with E-state index in [1.165, 1.54) is 18.7 Å². The highest BCUT2D eigenvalue weighted by Gasteiger charge is 2.24. The Morgan fingerprint density at radius 3 is 2.65 bits per heavy atom. The number of hydrogen-bond donors (Lipinski definition) is 3. The molecule has 1 aromatic carbocycles. The van der Waals surface area contributed by atoms with Gasteiger partial charge in [-0.2, -0.15) is 0 Å². The lowest BCUT2D eigenvalue weighted by molar-refractivity contribution is -0.466. The molecule has 242 valence electrons. The lowest BCUT2D eigenvalue weighted by atomic mass is 10.1. The summed E-state index contributed by atoms with van der Waals surface area (Å²) in [5, 5.41) is 6.50. The van der Waals surface area contributed by atoms with Gasteiger partial charge in [-0.05, 0) is 69.3 Å². The molecule has 46 heavy (non-hydrogen) atoms. The van der Waals surface area contributed by atoms with Gasteiger partial charge in [0.15, 0.2) is 11.8 Å². The number of anilines is 2. The minimum absolute atomic E-state index is 0.104. The van der Waals surface area contributed by atoms with E-state index in [2.05, 4.69) is 37.6 Å². The van der Waals surface area contributed by atoms with Gasteiger partial charge in [0.1, 0.15) is 29.8 Å². The number of H-pyrrole nitrogens is 1. The highest BCUT2D eigenvalue weighted by molar-refractivity contribution is 5.83. The SMILES string of the molecule is CC(=O)[C@H](CCN(CCCCc1ccc2c(n1)NCCC2)CCOc1cc(F)cc(F)c1)Nc1c[nH]cc(-c2ccncc2)[n+]1=O. The van der Waals surface area contributed by atoms with Crippen molar-refractivity contribution in [3.8, 4) is 17.0 Å². The van der Waals surface area contributed by atoms with Crippen molar-refractivity contribution in [2.24, 2.45) is 0 Å². The lowest BCUT2D eigenvalue weighted by Crippen LogP contribution is -2.38. The fourth-order valence-corrected chi connectivity index (χ4v) is 5.53. The maximum atomic E-state index is 13.7. The van der Waals surface area contributed by atoms with Crippen molar-refractivity contribution in [3.05, 3.63) is 95.1 Å². The molecule has 0 bridgehead atoms. The van der Waals surface area contributed by atoms with Crippen LogP contribution in [0.25, 0.3) is 11.3 Å². The molecule has 1 aliphatic heterocycles. The van der Waals surface area contributed by atoms with Crippen molar-refractivity contribution in [3.63, 3.8) is 0 Å². The van der Waals surface area contributed by atoms with Gasteiger partial charge in [-0.3, -0.25) is 20.0 Å². The topological polar surface area (TPSA) is 118 Å². The predicted octanol–water partition coefficient (Wildman–Crippen LogP) is 5.19. The molecule has 0 spiro atoms. The zero-order chi connectivity index (χ0) is 32.3. The number of unbranched alkanes of at least 4 members (excludes halogenated alkanes) is 1. The maximum absolute atomic E-state index is 13.7. The average Bonchev–Trinajstić information content (AvgIpc) is 3.05. The Balaban J connectivity index is 1.20. The minimum Gasteiger partial charge on any atom is -0.492 e. The third kappa shape index (κ3) is 9.16. The Bertz CT molecular complexity index is 1650. The van der Waals surface area contributed by atoms with E-state index in [1.807, 2.05) is 0 Å². The van der Waals surface area contributed by atoms with Crippen LogP contribution >= 0.6 is 0 Å². The van der Waals surface area contributed by atoms with Crippen LogP contribution in [0, 0.1) is 16.5 Å². The molecule has 5 rings (SSSR count). The first-order valence-corrected chi connectivity index (χ1v) is 15.7. The first-order valence-electron chi connectivity index (χ1n) is 15.7. The summed E-state index contributed by atoms with van der Waals surface area (Å²) < 4.78 is 33.8. The number of halogens is 2. The van der Waals surface area contributed by atoms with E-state index in [0.717, 1.165) is 79.3 Å². The Morgan fingerprint density at radius 2 is 1.87 bits per heavy atom. The number of benzene rings is 1. The summed E-state index contributed by atoms with van der Waals surface area (Å²) in [6, 6.07) is 10.2. The number of pyridine rings is 2. The summed E-state index contributed by atoms with van der Waals surface area (Å²) in [6.07, 6.45) is 11.6. The van der Waals surface area contributed by atoms with Crippen LogP contribution < -0.4 is 19.8 Å². The van der Waals surface area contributed by atoms with Crippen LogP contribution in [0.2, 0.25) is 0 Å². The van der Waals surface area contributed by atoms with E-state index in [1.54, 1.807) is 30.7 Å². The number of Topliss-reactive ketones (excluding diaryl/α,β-unsaturated/α-hetero) is 1. The molecule has 0 unspecified atom stereocenters. The molecule has 1 aliphatic rings. The molecule has 3 aromatic heterocycles. The van der Waals surface area contributed by atoms with Crippen LogP contribution in [-0.2, 0) is 17.6 Å². The number of aromatic amines is 1. The molecule has 0 radical (unpaired) electrons. The molecule has 0 aliphatic carbocycles. The fraction of sp³-hybridized carbons (Fsp3) is 0.382. The molecule has 4 heterocycles. The minimum atomic E-state index is -0.700. The van der Waals surface area contributed by atoms with Crippen molar-refractivity contribution >= 4 is 17.4 Å². The van der Waals surface area contributed by atoms with Gasteiger partial charge in [-0.1, -0.05) is 11.0 Å². The number of fused-ring (bicyclic) bond motifs is 1. The number of aryl methyl sites for hydroxylation is 2. The second kappa shape index (κ2) is 16.0. The molecule has 12 heteroatoms.